The van der Waals surface area contributed by atoms with Crippen molar-refractivity contribution < 1.29 is 32.6 Å². The molecule has 0 atom stereocenters. The van der Waals surface area contributed by atoms with Gasteiger partial charge in [0.15, 0.2) is 0 Å². The fourth-order valence-corrected chi connectivity index (χ4v) is 3.23. The summed E-state index contributed by atoms with van der Waals surface area (Å²) in [6.07, 6.45) is -2.75. The number of methoxy groups -OCH3 is 1. The molecule has 8 nitrogen and oxygen atoms in total. The summed E-state index contributed by atoms with van der Waals surface area (Å²) < 4.78 is 43.3. The highest BCUT2D eigenvalue weighted by Crippen LogP contribution is 2.29. The third kappa shape index (κ3) is 7.32. The summed E-state index contributed by atoms with van der Waals surface area (Å²) in [5, 5.41) is 25.1. The van der Waals surface area contributed by atoms with Crippen molar-refractivity contribution in [2.24, 2.45) is 5.10 Å². The van der Waals surface area contributed by atoms with Gasteiger partial charge < -0.3 is 15.2 Å². The fourth-order valence-electron chi connectivity index (χ4n) is 3.23. The topological polar surface area (TPSA) is 124 Å². The molecule has 0 aliphatic carbocycles. The maximum Gasteiger partial charge on any atom is 0.416 e. The highest BCUT2D eigenvalue weighted by molar-refractivity contribution is 5.96. The molecule has 3 aromatic carbocycles. The smallest absolute Gasteiger partial charge is 0.416 e. The van der Waals surface area contributed by atoms with Crippen molar-refractivity contribution >= 4 is 23.7 Å². The van der Waals surface area contributed by atoms with Crippen molar-refractivity contribution in [3.05, 3.63) is 88.5 Å². The number of carbonyl (C=O) groups is 2. The zero-order chi connectivity index (χ0) is 27.0. The summed E-state index contributed by atoms with van der Waals surface area (Å²) in [5.74, 6) is -0.807. The van der Waals surface area contributed by atoms with Crippen molar-refractivity contribution in [2.75, 3.05) is 12.4 Å². The molecule has 3 N–H and O–H groups in total. The third-order valence-corrected chi connectivity index (χ3v) is 5.19. The predicted molar refractivity (Wildman–Crippen MR) is 129 cm³/mol. The maximum atomic E-state index is 12.7. The fraction of sp³-hybridized carbons (Fsp3) is 0.154. The van der Waals surface area contributed by atoms with Crippen LogP contribution in [0, 0.1) is 11.3 Å². The summed E-state index contributed by atoms with van der Waals surface area (Å²) in [5.41, 5.74) is 3.18. The van der Waals surface area contributed by atoms with Crippen LogP contribution >= 0.6 is 0 Å². The SMILES string of the molecule is COc1cc(NC(=O)CCc2ccc(C(F)(F)F)cc2)ccc1/C=N\NC(=O)c1ccc(O)c(C#N)c1. The average molecular weight is 510 g/mol. The van der Waals surface area contributed by atoms with E-state index in [-0.39, 0.29) is 35.6 Å². The molecule has 3 aromatic rings. The first-order valence-electron chi connectivity index (χ1n) is 10.8. The number of halogens is 3. The molecule has 0 fully saturated rings. The van der Waals surface area contributed by atoms with Crippen LogP contribution in [-0.2, 0) is 17.4 Å². The quantitative estimate of drug-likeness (QED) is 0.301. The van der Waals surface area contributed by atoms with Gasteiger partial charge in [-0.05, 0) is 54.4 Å². The lowest BCUT2D eigenvalue weighted by Crippen LogP contribution is -2.17. The third-order valence-electron chi connectivity index (χ3n) is 5.19. The van der Waals surface area contributed by atoms with E-state index in [1.807, 2.05) is 0 Å². The lowest BCUT2D eigenvalue weighted by Gasteiger charge is -2.10. The molecule has 190 valence electrons. The van der Waals surface area contributed by atoms with E-state index < -0.39 is 17.6 Å². The van der Waals surface area contributed by atoms with E-state index in [9.17, 15) is 27.9 Å². The second-order valence-electron chi connectivity index (χ2n) is 7.74. The van der Waals surface area contributed by atoms with Gasteiger partial charge in [0, 0.05) is 29.3 Å². The summed E-state index contributed by atoms with van der Waals surface area (Å²) in [4.78, 5) is 24.5. The highest BCUT2D eigenvalue weighted by Gasteiger charge is 2.29. The monoisotopic (exact) mass is 510 g/mol. The van der Waals surface area contributed by atoms with Gasteiger partial charge >= 0.3 is 6.18 Å². The Hall–Kier alpha value is -4.85. The van der Waals surface area contributed by atoms with E-state index >= 15 is 0 Å². The number of aromatic hydroxyl groups is 1. The molecule has 0 saturated heterocycles. The van der Waals surface area contributed by atoms with Crippen LogP contribution in [0.4, 0.5) is 18.9 Å². The molecule has 37 heavy (non-hydrogen) atoms. The number of carbonyl (C=O) groups excluding carboxylic acids is 2. The molecular formula is C26H21F3N4O4. The number of amides is 2. The van der Waals surface area contributed by atoms with Crippen molar-refractivity contribution in [1.82, 2.24) is 5.43 Å². The number of phenolic OH excluding ortho intramolecular Hbond substituents is 1. The summed E-state index contributed by atoms with van der Waals surface area (Å²) in [7, 11) is 1.42. The number of alkyl halides is 3. The highest BCUT2D eigenvalue weighted by atomic mass is 19.4. The Balaban J connectivity index is 1.57. The van der Waals surface area contributed by atoms with E-state index in [0.29, 0.717) is 22.6 Å². The molecule has 3 rings (SSSR count). The summed E-state index contributed by atoms with van der Waals surface area (Å²) >= 11 is 0. The number of hydrogen-bond donors (Lipinski definition) is 3. The largest absolute Gasteiger partial charge is 0.507 e. The lowest BCUT2D eigenvalue weighted by atomic mass is 10.1. The van der Waals surface area contributed by atoms with Crippen LogP contribution < -0.4 is 15.5 Å². The van der Waals surface area contributed by atoms with Gasteiger partial charge in [-0.2, -0.15) is 23.5 Å². The Kier molecular flexibility index (Phi) is 8.47. The van der Waals surface area contributed by atoms with Gasteiger partial charge in [-0.3, -0.25) is 9.59 Å². The number of nitrogens with zero attached hydrogens (tertiary/aromatic N) is 2. The second-order valence-corrected chi connectivity index (χ2v) is 7.74. The molecule has 0 heterocycles. The first kappa shape index (κ1) is 26.7. The first-order valence-corrected chi connectivity index (χ1v) is 10.8. The summed E-state index contributed by atoms with van der Waals surface area (Å²) in [6, 6.07) is 15.0. The zero-order valence-corrected chi connectivity index (χ0v) is 19.5. The number of nitriles is 1. The number of hydrogen-bond acceptors (Lipinski definition) is 6. The van der Waals surface area contributed by atoms with E-state index in [1.165, 1.54) is 43.7 Å². The molecule has 11 heteroatoms. The van der Waals surface area contributed by atoms with Crippen molar-refractivity contribution in [2.45, 2.75) is 19.0 Å². The van der Waals surface area contributed by atoms with Crippen LogP contribution in [-0.4, -0.2) is 30.2 Å². The predicted octanol–water partition coefficient (Wildman–Crippen LogP) is 4.63. The molecule has 0 unspecified atom stereocenters. The van der Waals surface area contributed by atoms with Gasteiger partial charge in [-0.25, -0.2) is 5.43 Å². The minimum absolute atomic E-state index is 0.0460. The van der Waals surface area contributed by atoms with E-state index in [0.717, 1.165) is 12.1 Å². The van der Waals surface area contributed by atoms with E-state index in [1.54, 1.807) is 24.3 Å². The van der Waals surface area contributed by atoms with Crippen LogP contribution in [0.1, 0.15) is 39.0 Å². The second kappa shape index (κ2) is 11.7. The Morgan fingerprint density at radius 2 is 1.84 bits per heavy atom. The van der Waals surface area contributed by atoms with Gasteiger partial charge in [0.05, 0.1) is 24.5 Å². The van der Waals surface area contributed by atoms with Gasteiger partial charge in [0.2, 0.25) is 5.91 Å². The molecule has 0 aromatic heterocycles. The van der Waals surface area contributed by atoms with Crippen LogP contribution in [0.5, 0.6) is 11.5 Å². The number of rotatable bonds is 8. The number of phenols is 1. The van der Waals surface area contributed by atoms with Gasteiger partial charge in [-0.15, -0.1) is 0 Å². The lowest BCUT2D eigenvalue weighted by molar-refractivity contribution is -0.137. The van der Waals surface area contributed by atoms with Crippen LogP contribution in [0.3, 0.4) is 0 Å². The minimum atomic E-state index is -4.41. The molecule has 2 amide bonds. The average Bonchev–Trinajstić information content (AvgIpc) is 2.88. The Morgan fingerprint density at radius 3 is 2.49 bits per heavy atom. The minimum Gasteiger partial charge on any atom is -0.507 e. The normalized spacial score (nSPS) is 11.1. The number of benzene rings is 3. The molecule has 0 spiro atoms. The molecule has 0 aliphatic rings. The standard InChI is InChI=1S/C26H21F3N4O4/c1-37-23-13-21(32-24(35)11-4-16-2-7-20(8-3-16)26(27,28)29)9-5-18(23)15-31-33-25(36)17-6-10-22(34)19(12-17)14-30/h2-3,5-10,12-13,15,34H,4,11H2,1H3,(H,32,35)(H,33,36)/b31-15-. The number of nitrogens with one attached hydrogen (secondary N) is 2. The zero-order valence-electron chi connectivity index (χ0n) is 19.5. The van der Waals surface area contributed by atoms with Crippen molar-refractivity contribution in [3.8, 4) is 17.6 Å². The van der Waals surface area contributed by atoms with E-state index in [4.69, 9.17) is 10.00 Å². The van der Waals surface area contributed by atoms with Gasteiger partial charge in [0.1, 0.15) is 17.6 Å². The van der Waals surface area contributed by atoms with Crippen molar-refractivity contribution in [1.29, 1.82) is 5.26 Å². The van der Waals surface area contributed by atoms with Crippen LogP contribution in [0.2, 0.25) is 0 Å². The number of hydrazone groups is 1. The van der Waals surface area contributed by atoms with Crippen LogP contribution in [0.25, 0.3) is 0 Å². The molecule has 0 aliphatic heterocycles. The molecular weight excluding hydrogens is 489 g/mol. The Morgan fingerprint density at radius 1 is 1.11 bits per heavy atom. The molecule has 0 saturated carbocycles. The summed E-state index contributed by atoms with van der Waals surface area (Å²) in [6.45, 7) is 0. The molecule has 0 bridgehead atoms. The Labute approximate surface area is 210 Å². The van der Waals surface area contributed by atoms with Crippen molar-refractivity contribution in [3.63, 3.8) is 0 Å². The maximum absolute atomic E-state index is 12.7. The van der Waals surface area contributed by atoms with Gasteiger partial charge in [0.25, 0.3) is 5.91 Å². The molecule has 0 radical (unpaired) electrons. The number of ether oxygens (including phenoxy) is 1. The Bertz CT molecular complexity index is 1360. The van der Waals surface area contributed by atoms with E-state index in [2.05, 4.69) is 15.8 Å². The van der Waals surface area contributed by atoms with Gasteiger partial charge in [-0.1, -0.05) is 12.1 Å². The number of aryl methyl sites for hydroxylation is 1. The first-order chi connectivity index (χ1) is 17.6. The van der Waals surface area contributed by atoms with Crippen LogP contribution in [0.15, 0.2) is 65.8 Å². The number of anilines is 1.